The summed E-state index contributed by atoms with van der Waals surface area (Å²) in [6, 6.07) is 10.1. The van der Waals surface area contributed by atoms with Gasteiger partial charge < -0.3 is 10.2 Å². The topological polar surface area (TPSA) is 49.4 Å². The van der Waals surface area contributed by atoms with Crippen molar-refractivity contribution in [3.63, 3.8) is 0 Å². The molecule has 1 N–H and O–H groups in total. The van der Waals surface area contributed by atoms with Crippen molar-refractivity contribution < 1.29 is 9.59 Å². The van der Waals surface area contributed by atoms with Gasteiger partial charge in [0.2, 0.25) is 11.8 Å². The van der Waals surface area contributed by atoms with E-state index in [1.807, 2.05) is 31.2 Å². The average Bonchev–Trinajstić information content (AvgIpc) is 2.99. The number of anilines is 1. The molecule has 0 saturated carbocycles. The van der Waals surface area contributed by atoms with E-state index < -0.39 is 0 Å². The number of thiophene rings is 1. The summed E-state index contributed by atoms with van der Waals surface area (Å²) in [6.45, 7) is 6.97. The molecular formula is C20H24N2O2S2. The third-order valence-corrected chi connectivity index (χ3v) is 6.71. The van der Waals surface area contributed by atoms with Gasteiger partial charge in [0, 0.05) is 11.4 Å². The van der Waals surface area contributed by atoms with Crippen LogP contribution in [0.2, 0.25) is 0 Å². The van der Waals surface area contributed by atoms with E-state index in [-0.39, 0.29) is 18.4 Å². The summed E-state index contributed by atoms with van der Waals surface area (Å²) in [5, 5.41) is 2.94. The Labute approximate surface area is 163 Å². The molecule has 1 aliphatic heterocycles. The van der Waals surface area contributed by atoms with Crippen molar-refractivity contribution in [3.05, 3.63) is 46.3 Å². The summed E-state index contributed by atoms with van der Waals surface area (Å²) in [5.74, 6) is 0.847. The molecule has 4 nitrogen and oxygen atoms in total. The maximum absolute atomic E-state index is 12.4. The van der Waals surface area contributed by atoms with Crippen molar-refractivity contribution in [1.82, 2.24) is 5.32 Å². The lowest BCUT2D eigenvalue weighted by Crippen LogP contribution is -2.42. The minimum atomic E-state index is -0.129. The number of carbonyl (C=O) groups is 2. The van der Waals surface area contributed by atoms with E-state index >= 15 is 0 Å². The van der Waals surface area contributed by atoms with Gasteiger partial charge in [0.25, 0.3) is 0 Å². The van der Waals surface area contributed by atoms with Crippen LogP contribution in [0.5, 0.6) is 0 Å². The lowest BCUT2D eigenvalue weighted by molar-refractivity contribution is -0.123. The Balaban J connectivity index is 1.67. The highest BCUT2D eigenvalue weighted by molar-refractivity contribution is 8.02. The predicted molar refractivity (Wildman–Crippen MR) is 109 cm³/mol. The molecule has 138 valence electrons. The predicted octanol–water partition coefficient (Wildman–Crippen LogP) is 4.01. The van der Waals surface area contributed by atoms with Crippen molar-refractivity contribution >= 4 is 40.6 Å². The molecule has 0 atom stereocenters. The number of nitrogens with one attached hydrogen (secondary N) is 1. The van der Waals surface area contributed by atoms with Crippen LogP contribution < -0.4 is 10.2 Å². The second kappa shape index (κ2) is 8.27. The van der Waals surface area contributed by atoms with Gasteiger partial charge in [-0.05, 0) is 36.5 Å². The summed E-state index contributed by atoms with van der Waals surface area (Å²) >= 11 is 3.33. The summed E-state index contributed by atoms with van der Waals surface area (Å²) in [6.07, 6.45) is 1.000. The van der Waals surface area contributed by atoms with Crippen LogP contribution in [-0.4, -0.2) is 24.1 Å². The molecule has 2 heterocycles. The zero-order valence-corrected chi connectivity index (χ0v) is 17.0. The number of carbonyl (C=O) groups excluding carboxylic acids is 2. The first kappa shape index (κ1) is 19.0. The number of fused-ring (bicyclic) bond motifs is 1. The molecule has 1 aromatic carbocycles. The number of aryl methyl sites for hydroxylation is 1. The van der Waals surface area contributed by atoms with Gasteiger partial charge >= 0.3 is 0 Å². The van der Waals surface area contributed by atoms with Crippen LogP contribution in [0.4, 0.5) is 5.69 Å². The highest BCUT2D eigenvalue weighted by Gasteiger charge is 2.28. The first-order valence-corrected chi connectivity index (χ1v) is 10.6. The lowest BCUT2D eigenvalue weighted by Gasteiger charge is -2.26. The van der Waals surface area contributed by atoms with E-state index in [4.69, 9.17) is 0 Å². The monoisotopic (exact) mass is 388 g/mol. The molecule has 0 spiro atoms. The summed E-state index contributed by atoms with van der Waals surface area (Å²) in [4.78, 5) is 27.7. The molecule has 1 aromatic heterocycles. The maximum atomic E-state index is 12.4. The summed E-state index contributed by atoms with van der Waals surface area (Å²) < 4.78 is 1.15. The standard InChI is InChI=1S/C20H24N2O2S2/c1-13(2)8-16-9-17-20(26-16)25-12-19(24)22(17)11-18(23)21-10-15-7-5-4-6-14(15)3/h4-7,9,13H,8,10-12H2,1-3H3,(H,21,23). The van der Waals surface area contributed by atoms with Gasteiger partial charge in [0.1, 0.15) is 6.54 Å². The Hall–Kier alpha value is -1.79. The number of rotatable bonds is 6. The fourth-order valence-corrected chi connectivity index (χ4v) is 5.48. The summed E-state index contributed by atoms with van der Waals surface area (Å²) in [7, 11) is 0. The summed E-state index contributed by atoms with van der Waals surface area (Å²) in [5.41, 5.74) is 3.14. The Bertz CT molecular complexity index is 814. The molecule has 3 rings (SSSR count). The zero-order valence-electron chi connectivity index (χ0n) is 15.4. The molecule has 0 unspecified atom stereocenters. The van der Waals surface area contributed by atoms with Crippen molar-refractivity contribution in [2.24, 2.45) is 5.92 Å². The second-order valence-electron chi connectivity index (χ2n) is 6.96. The third kappa shape index (κ3) is 4.48. The van der Waals surface area contributed by atoms with Gasteiger partial charge in [-0.15, -0.1) is 23.1 Å². The molecule has 0 radical (unpaired) electrons. The van der Waals surface area contributed by atoms with Crippen molar-refractivity contribution in [3.8, 4) is 0 Å². The van der Waals surface area contributed by atoms with Crippen LogP contribution >= 0.6 is 23.1 Å². The van der Waals surface area contributed by atoms with Gasteiger partial charge in [-0.2, -0.15) is 0 Å². The molecular weight excluding hydrogens is 364 g/mol. The Morgan fingerprint density at radius 1 is 1.31 bits per heavy atom. The van der Waals surface area contributed by atoms with Gasteiger partial charge in [-0.1, -0.05) is 38.1 Å². The molecule has 0 saturated heterocycles. The van der Waals surface area contributed by atoms with Crippen LogP contribution in [-0.2, 0) is 22.6 Å². The van der Waals surface area contributed by atoms with E-state index in [2.05, 4.69) is 25.2 Å². The number of thioether (sulfide) groups is 1. The molecule has 0 fully saturated rings. The number of hydrogen-bond acceptors (Lipinski definition) is 4. The normalized spacial score (nSPS) is 13.8. The van der Waals surface area contributed by atoms with Crippen molar-refractivity contribution in [1.29, 1.82) is 0 Å². The molecule has 0 aliphatic carbocycles. The van der Waals surface area contributed by atoms with Crippen LogP contribution in [0.15, 0.2) is 34.5 Å². The molecule has 2 amide bonds. The first-order chi connectivity index (χ1) is 12.4. The minimum Gasteiger partial charge on any atom is -0.350 e. The van der Waals surface area contributed by atoms with Crippen molar-refractivity contribution in [2.75, 3.05) is 17.2 Å². The van der Waals surface area contributed by atoms with Crippen LogP contribution in [0, 0.1) is 12.8 Å². The van der Waals surface area contributed by atoms with Gasteiger partial charge in [-0.3, -0.25) is 9.59 Å². The fraction of sp³-hybridized carbons (Fsp3) is 0.400. The maximum Gasteiger partial charge on any atom is 0.240 e. The lowest BCUT2D eigenvalue weighted by atomic mass is 10.1. The highest BCUT2D eigenvalue weighted by Crippen LogP contribution is 2.42. The van der Waals surface area contributed by atoms with Crippen LogP contribution in [0.3, 0.4) is 0 Å². The molecule has 0 bridgehead atoms. The first-order valence-electron chi connectivity index (χ1n) is 8.81. The second-order valence-corrected chi connectivity index (χ2v) is 9.34. The zero-order chi connectivity index (χ0) is 18.7. The minimum absolute atomic E-state index is 0.00226. The average molecular weight is 389 g/mol. The van der Waals surface area contributed by atoms with Crippen LogP contribution in [0.1, 0.15) is 29.9 Å². The van der Waals surface area contributed by atoms with E-state index in [1.54, 1.807) is 28.0 Å². The fourth-order valence-electron chi connectivity index (χ4n) is 2.92. The van der Waals surface area contributed by atoms with Crippen molar-refractivity contribution in [2.45, 2.75) is 37.9 Å². The quantitative estimate of drug-likeness (QED) is 0.813. The Kier molecular flexibility index (Phi) is 6.04. The van der Waals surface area contributed by atoms with Gasteiger partial charge in [0.05, 0.1) is 15.6 Å². The third-order valence-electron chi connectivity index (χ3n) is 4.30. The Morgan fingerprint density at radius 3 is 2.81 bits per heavy atom. The largest absolute Gasteiger partial charge is 0.350 e. The molecule has 26 heavy (non-hydrogen) atoms. The molecule has 2 aromatic rings. The SMILES string of the molecule is Cc1ccccc1CNC(=O)CN1C(=O)CSc2sc(CC(C)C)cc21. The van der Waals surface area contributed by atoms with Gasteiger partial charge in [-0.25, -0.2) is 0 Å². The number of nitrogens with zero attached hydrogens (tertiary/aromatic N) is 1. The van der Waals surface area contributed by atoms with E-state index in [1.165, 1.54) is 4.88 Å². The number of amides is 2. The smallest absolute Gasteiger partial charge is 0.240 e. The highest BCUT2D eigenvalue weighted by atomic mass is 32.2. The Morgan fingerprint density at radius 2 is 2.08 bits per heavy atom. The van der Waals surface area contributed by atoms with Gasteiger partial charge in [0.15, 0.2) is 0 Å². The van der Waals surface area contributed by atoms with E-state index in [0.717, 1.165) is 27.4 Å². The number of hydrogen-bond donors (Lipinski definition) is 1. The number of benzene rings is 1. The van der Waals surface area contributed by atoms with E-state index in [9.17, 15) is 9.59 Å². The molecule has 6 heteroatoms. The molecule has 1 aliphatic rings. The van der Waals surface area contributed by atoms with Crippen LogP contribution in [0.25, 0.3) is 0 Å². The van der Waals surface area contributed by atoms with E-state index in [0.29, 0.717) is 18.2 Å².